The fraction of sp³-hybridized carbons (Fsp3) is 0.700. The van der Waals surface area contributed by atoms with Crippen LogP contribution in [-0.2, 0) is 11.0 Å². The Morgan fingerprint density at radius 3 is 2.90 bits per heavy atom. The smallest absolute Gasteiger partial charge is 0.355 e. The van der Waals surface area contributed by atoms with E-state index < -0.39 is 17.2 Å². The Morgan fingerprint density at radius 2 is 2.30 bits per heavy atom. The van der Waals surface area contributed by atoms with Gasteiger partial charge in [-0.15, -0.1) is 10.2 Å². The first kappa shape index (κ1) is 15.0. The van der Waals surface area contributed by atoms with Crippen LogP contribution in [0, 0.1) is 0 Å². The number of hydrogen-bond donors (Lipinski definition) is 2. The zero-order valence-corrected chi connectivity index (χ0v) is 11.5. The number of halogens is 3. The number of amides is 1. The van der Waals surface area contributed by atoms with E-state index in [1.807, 2.05) is 0 Å². The minimum absolute atomic E-state index is 0.120. The quantitative estimate of drug-likeness (QED) is 0.849. The van der Waals surface area contributed by atoms with Gasteiger partial charge in [-0.25, -0.2) is 0 Å². The van der Waals surface area contributed by atoms with Gasteiger partial charge in [-0.2, -0.15) is 13.2 Å². The molecule has 0 bridgehead atoms. The Balaban J connectivity index is 2.19. The van der Waals surface area contributed by atoms with Gasteiger partial charge in [0, 0.05) is 26.2 Å². The van der Waals surface area contributed by atoms with Gasteiger partial charge in [-0.1, -0.05) is 11.3 Å². The van der Waals surface area contributed by atoms with Crippen molar-refractivity contribution in [3.05, 3.63) is 5.01 Å². The number of carbonyl (C=O) groups is 1. The zero-order valence-electron chi connectivity index (χ0n) is 10.7. The molecule has 112 valence electrons. The van der Waals surface area contributed by atoms with E-state index in [9.17, 15) is 18.0 Å². The van der Waals surface area contributed by atoms with Crippen LogP contribution in [0.5, 0.6) is 0 Å². The van der Waals surface area contributed by atoms with Crippen molar-refractivity contribution >= 4 is 22.4 Å². The van der Waals surface area contributed by atoms with E-state index >= 15 is 0 Å². The summed E-state index contributed by atoms with van der Waals surface area (Å²) in [6, 6.07) is -0.572. The van der Waals surface area contributed by atoms with E-state index in [2.05, 4.69) is 20.8 Å². The Kier molecular flexibility index (Phi) is 4.43. The van der Waals surface area contributed by atoms with Crippen LogP contribution in [0.4, 0.5) is 18.3 Å². The maximum atomic E-state index is 12.5. The number of anilines is 1. The molecule has 6 nitrogen and oxygen atoms in total. The predicted molar refractivity (Wildman–Crippen MR) is 67.6 cm³/mol. The van der Waals surface area contributed by atoms with Gasteiger partial charge in [0.25, 0.3) is 0 Å². The zero-order chi connectivity index (χ0) is 14.8. The number of carbonyl (C=O) groups excluding carboxylic acids is 1. The van der Waals surface area contributed by atoms with Crippen molar-refractivity contribution in [1.29, 1.82) is 0 Å². The Bertz CT molecular complexity index is 478. The molecule has 1 saturated heterocycles. The highest BCUT2D eigenvalue weighted by Crippen LogP contribution is 2.34. The summed E-state index contributed by atoms with van der Waals surface area (Å²) >= 11 is 0.457. The van der Waals surface area contributed by atoms with Crippen LogP contribution in [0.3, 0.4) is 0 Å². The number of nitrogens with one attached hydrogen (secondary N) is 2. The van der Waals surface area contributed by atoms with E-state index in [1.54, 1.807) is 11.8 Å². The van der Waals surface area contributed by atoms with Crippen molar-refractivity contribution < 1.29 is 18.0 Å². The molecule has 1 aromatic heterocycles. The molecule has 2 N–H and O–H groups in total. The lowest BCUT2D eigenvalue weighted by Gasteiger charge is -2.34. The van der Waals surface area contributed by atoms with Crippen LogP contribution in [-0.4, -0.2) is 48.3 Å². The van der Waals surface area contributed by atoms with Crippen LogP contribution >= 0.6 is 11.3 Å². The molecule has 0 spiro atoms. The van der Waals surface area contributed by atoms with Crippen LogP contribution in [0.25, 0.3) is 0 Å². The number of hydrogen-bond acceptors (Lipinski definition) is 6. The molecule has 20 heavy (non-hydrogen) atoms. The Morgan fingerprint density at radius 1 is 1.55 bits per heavy atom. The van der Waals surface area contributed by atoms with Gasteiger partial charge in [0.15, 0.2) is 0 Å². The maximum absolute atomic E-state index is 12.5. The fourth-order valence-electron chi connectivity index (χ4n) is 1.91. The van der Waals surface area contributed by atoms with E-state index in [0.717, 1.165) is 0 Å². The van der Waals surface area contributed by atoms with Gasteiger partial charge in [-0.3, -0.25) is 4.79 Å². The molecule has 2 rings (SSSR count). The molecule has 1 amide bonds. The SMILES string of the molecule is CCNC(=O)C1CNCCN1c1nnc(C(F)(F)F)s1. The molecule has 0 aliphatic carbocycles. The van der Waals surface area contributed by atoms with Gasteiger partial charge in [0.2, 0.25) is 16.0 Å². The fourth-order valence-corrected chi connectivity index (χ4v) is 2.69. The van der Waals surface area contributed by atoms with Crippen LogP contribution < -0.4 is 15.5 Å². The predicted octanol–water partition coefficient (Wildman–Crippen LogP) is 0.471. The number of nitrogens with zero attached hydrogens (tertiary/aromatic N) is 3. The van der Waals surface area contributed by atoms with Gasteiger partial charge < -0.3 is 15.5 Å². The molecule has 10 heteroatoms. The Hall–Kier alpha value is -1.42. The third-order valence-corrected chi connectivity index (χ3v) is 3.80. The van der Waals surface area contributed by atoms with E-state index in [0.29, 0.717) is 37.5 Å². The van der Waals surface area contributed by atoms with Crippen LogP contribution in [0.2, 0.25) is 0 Å². The van der Waals surface area contributed by atoms with Crippen LogP contribution in [0.1, 0.15) is 11.9 Å². The van der Waals surface area contributed by atoms with Gasteiger partial charge in [-0.05, 0) is 6.92 Å². The average molecular weight is 309 g/mol. The monoisotopic (exact) mass is 309 g/mol. The Labute approximate surface area is 117 Å². The van der Waals surface area contributed by atoms with E-state index in [-0.39, 0.29) is 11.0 Å². The molecule has 1 atom stereocenters. The molecule has 1 aliphatic heterocycles. The number of aromatic nitrogens is 2. The molecule has 1 unspecified atom stereocenters. The third kappa shape index (κ3) is 3.18. The number of likely N-dealkylation sites (N-methyl/N-ethyl adjacent to an activating group) is 1. The highest BCUT2D eigenvalue weighted by Gasteiger charge is 2.38. The lowest BCUT2D eigenvalue weighted by atomic mass is 10.2. The standard InChI is InChI=1S/C10H14F3N5OS/c1-2-15-7(19)6-5-14-3-4-18(6)9-17-16-8(20-9)10(11,12)13/h6,14H,2-5H2,1H3,(H,15,19). The minimum atomic E-state index is -4.51. The van der Waals surface area contributed by atoms with E-state index in [4.69, 9.17) is 0 Å². The second-order valence-corrected chi connectivity index (χ2v) is 5.15. The first-order chi connectivity index (χ1) is 9.43. The lowest BCUT2D eigenvalue weighted by molar-refractivity contribution is -0.138. The topological polar surface area (TPSA) is 70.2 Å². The van der Waals surface area contributed by atoms with E-state index in [1.165, 1.54) is 0 Å². The molecular weight excluding hydrogens is 295 g/mol. The lowest BCUT2D eigenvalue weighted by Crippen LogP contribution is -2.58. The molecule has 0 saturated carbocycles. The summed E-state index contributed by atoms with van der Waals surface area (Å²) in [6.07, 6.45) is -4.51. The van der Waals surface area contributed by atoms with Gasteiger partial charge in [0.1, 0.15) is 6.04 Å². The number of piperazine rings is 1. The molecule has 0 radical (unpaired) electrons. The van der Waals surface area contributed by atoms with Gasteiger partial charge >= 0.3 is 6.18 Å². The summed E-state index contributed by atoms with van der Waals surface area (Å²) in [6.45, 7) is 3.61. The molecule has 1 fully saturated rings. The highest BCUT2D eigenvalue weighted by molar-refractivity contribution is 7.15. The summed E-state index contributed by atoms with van der Waals surface area (Å²) in [5.41, 5.74) is 0. The molecular formula is C10H14F3N5OS. The van der Waals surface area contributed by atoms with Crippen molar-refractivity contribution in [2.45, 2.75) is 19.1 Å². The highest BCUT2D eigenvalue weighted by atomic mass is 32.1. The third-order valence-electron chi connectivity index (χ3n) is 2.80. The second-order valence-electron chi connectivity index (χ2n) is 4.20. The minimum Gasteiger partial charge on any atom is -0.355 e. The second kappa shape index (κ2) is 5.92. The van der Waals surface area contributed by atoms with Gasteiger partial charge in [0.05, 0.1) is 0 Å². The molecule has 1 aliphatic rings. The van der Waals surface area contributed by atoms with Crippen molar-refractivity contribution in [2.75, 3.05) is 31.1 Å². The summed E-state index contributed by atoms with van der Waals surface area (Å²) in [7, 11) is 0. The molecule has 2 heterocycles. The largest absolute Gasteiger partial charge is 0.445 e. The summed E-state index contributed by atoms with van der Waals surface area (Å²) in [5.74, 6) is -0.233. The summed E-state index contributed by atoms with van der Waals surface area (Å²) in [5, 5.41) is 11.5. The number of rotatable bonds is 3. The molecule has 0 aromatic carbocycles. The van der Waals surface area contributed by atoms with Crippen LogP contribution in [0.15, 0.2) is 0 Å². The van der Waals surface area contributed by atoms with Crippen molar-refractivity contribution in [3.8, 4) is 0 Å². The molecule has 1 aromatic rings. The first-order valence-electron chi connectivity index (χ1n) is 6.09. The average Bonchev–Trinajstić information content (AvgIpc) is 2.88. The summed E-state index contributed by atoms with van der Waals surface area (Å²) in [4.78, 5) is 13.5. The van der Waals surface area contributed by atoms with Crippen molar-refractivity contribution in [3.63, 3.8) is 0 Å². The van der Waals surface area contributed by atoms with Crippen molar-refractivity contribution in [2.24, 2.45) is 0 Å². The first-order valence-corrected chi connectivity index (χ1v) is 6.91. The van der Waals surface area contributed by atoms with Crippen molar-refractivity contribution in [1.82, 2.24) is 20.8 Å². The maximum Gasteiger partial charge on any atom is 0.445 e. The normalized spacial score (nSPS) is 20.0. The summed E-state index contributed by atoms with van der Waals surface area (Å²) < 4.78 is 37.6. The number of alkyl halides is 3.